The third kappa shape index (κ3) is 1.86. The fourth-order valence-corrected chi connectivity index (χ4v) is 2.44. The van der Waals surface area contributed by atoms with Gasteiger partial charge in [0.05, 0.1) is 6.04 Å². The van der Waals surface area contributed by atoms with E-state index in [1.807, 2.05) is 18.2 Å². The lowest BCUT2D eigenvalue weighted by Gasteiger charge is -2.25. The molecule has 2 aromatic rings. The lowest BCUT2D eigenvalue weighted by Crippen LogP contribution is -2.22. The highest BCUT2D eigenvalue weighted by Gasteiger charge is 2.27. The molecule has 0 amide bonds. The quantitative estimate of drug-likeness (QED) is 0.804. The highest BCUT2D eigenvalue weighted by Crippen LogP contribution is 2.35. The van der Waals surface area contributed by atoms with Crippen molar-refractivity contribution in [2.45, 2.75) is 18.9 Å². The van der Waals surface area contributed by atoms with E-state index in [9.17, 15) is 0 Å². The zero-order valence-electron chi connectivity index (χ0n) is 9.54. The molecule has 0 saturated carbocycles. The first-order chi connectivity index (χ1) is 8.34. The molecule has 1 fully saturated rings. The summed E-state index contributed by atoms with van der Waals surface area (Å²) in [6.07, 6.45) is 3.94. The standard InChI is InChI=1S/C13H15N3O/c14-10-3-5-11(6-4-10)16-8-1-2-13(16)12-7-9-17-15-12/h3-7,9,13H,1-2,8,14H2. The molecule has 4 heteroatoms. The van der Waals surface area contributed by atoms with Crippen molar-refractivity contribution in [3.63, 3.8) is 0 Å². The molecule has 1 saturated heterocycles. The third-order valence-electron chi connectivity index (χ3n) is 3.28. The van der Waals surface area contributed by atoms with E-state index in [4.69, 9.17) is 10.3 Å². The number of benzene rings is 1. The van der Waals surface area contributed by atoms with Crippen LogP contribution < -0.4 is 10.6 Å². The molecule has 3 rings (SSSR count). The van der Waals surface area contributed by atoms with Crippen molar-refractivity contribution in [3.8, 4) is 0 Å². The molecule has 88 valence electrons. The Morgan fingerprint density at radius 1 is 1.24 bits per heavy atom. The van der Waals surface area contributed by atoms with Gasteiger partial charge in [-0.1, -0.05) is 5.16 Å². The van der Waals surface area contributed by atoms with Crippen LogP contribution in [-0.4, -0.2) is 11.7 Å². The zero-order chi connectivity index (χ0) is 11.7. The van der Waals surface area contributed by atoms with Gasteiger partial charge >= 0.3 is 0 Å². The van der Waals surface area contributed by atoms with Gasteiger partial charge in [0.15, 0.2) is 0 Å². The molecule has 0 aliphatic carbocycles. The van der Waals surface area contributed by atoms with E-state index in [1.165, 1.54) is 12.1 Å². The minimum absolute atomic E-state index is 0.331. The maximum Gasteiger partial charge on any atom is 0.124 e. The predicted octanol–water partition coefficient (Wildman–Crippen LogP) is 2.60. The van der Waals surface area contributed by atoms with Crippen molar-refractivity contribution < 1.29 is 4.52 Å². The van der Waals surface area contributed by atoms with Gasteiger partial charge in [-0.05, 0) is 37.1 Å². The maximum atomic E-state index is 5.71. The maximum absolute atomic E-state index is 5.71. The molecule has 1 aromatic carbocycles. The summed E-state index contributed by atoms with van der Waals surface area (Å²) in [6.45, 7) is 1.06. The number of nitrogens with two attached hydrogens (primary N) is 1. The number of nitrogens with zero attached hydrogens (tertiary/aromatic N) is 2. The fourth-order valence-electron chi connectivity index (χ4n) is 2.44. The van der Waals surface area contributed by atoms with E-state index in [2.05, 4.69) is 22.2 Å². The molecule has 2 N–H and O–H groups in total. The average molecular weight is 229 g/mol. The molecule has 17 heavy (non-hydrogen) atoms. The van der Waals surface area contributed by atoms with Gasteiger partial charge in [0.1, 0.15) is 12.0 Å². The average Bonchev–Trinajstić information content (AvgIpc) is 3.00. The largest absolute Gasteiger partial charge is 0.399 e. The summed E-state index contributed by atoms with van der Waals surface area (Å²) in [5.41, 5.74) is 8.72. The number of aromatic nitrogens is 1. The SMILES string of the molecule is Nc1ccc(N2CCCC2c2ccon2)cc1. The van der Waals surface area contributed by atoms with Crippen LogP contribution in [0.2, 0.25) is 0 Å². The Hall–Kier alpha value is -1.97. The summed E-state index contributed by atoms with van der Waals surface area (Å²) < 4.78 is 4.93. The van der Waals surface area contributed by atoms with Crippen LogP contribution in [0.1, 0.15) is 24.6 Å². The predicted molar refractivity (Wildman–Crippen MR) is 66.7 cm³/mol. The summed E-state index contributed by atoms with van der Waals surface area (Å²) in [4.78, 5) is 2.36. The van der Waals surface area contributed by atoms with Crippen LogP contribution in [0.25, 0.3) is 0 Å². The van der Waals surface area contributed by atoms with Crippen LogP contribution in [0, 0.1) is 0 Å². The molecule has 1 atom stereocenters. The molecule has 1 aliphatic heterocycles. The molecule has 1 aliphatic rings. The summed E-state index contributed by atoms with van der Waals surface area (Å²) in [6, 6.07) is 10.3. The second-order valence-corrected chi connectivity index (χ2v) is 4.37. The van der Waals surface area contributed by atoms with Crippen molar-refractivity contribution >= 4 is 11.4 Å². The van der Waals surface area contributed by atoms with Crippen LogP contribution in [0.15, 0.2) is 41.1 Å². The fraction of sp³-hybridized carbons (Fsp3) is 0.308. The van der Waals surface area contributed by atoms with Crippen LogP contribution in [0.4, 0.5) is 11.4 Å². The van der Waals surface area contributed by atoms with Gasteiger partial charge in [-0.3, -0.25) is 0 Å². The molecular formula is C13H15N3O. The minimum Gasteiger partial charge on any atom is -0.399 e. The molecule has 0 radical (unpaired) electrons. The number of hydrogen-bond donors (Lipinski definition) is 1. The Morgan fingerprint density at radius 2 is 2.06 bits per heavy atom. The second-order valence-electron chi connectivity index (χ2n) is 4.37. The van der Waals surface area contributed by atoms with E-state index in [-0.39, 0.29) is 0 Å². The van der Waals surface area contributed by atoms with Gasteiger partial charge in [0.25, 0.3) is 0 Å². The molecule has 4 nitrogen and oxygen atoms in total. The smallest absolute Gasteiger partial charge is 0.124 e. The van der Waals surface area contributed by atoms with Crippen LogP contribution >= 0.6 is 0 Å². The minimum atomic E-state index is 0.331. The number of rotatable bonds is 2. The van der Waals surface area contributed by atoms with E-state index in [0.717, 1.165) is 24.3 Å². The van der Waals surface area contributed by atoms with E-state index < -0.39 is 0 Å². The van der Waals surface area contributed by atoms with E-state index in [1.54, 1.807) is 6.26 Å². The van der Waals surface area contributed by atoms with Gasteiger partial charge in [-0.15, -0.1) is 0 Å². The van der Waals surface area contributed by atoms with Crippen LogP contribution in [0.3, 0.4) is 0 Å². The molecule has 0 bridgehead atoms. The Balaban J connectivity index is 1.89. The normalized spacial score (nSPS) is 19.8. The monoisotopic (exact) mass is 229 g/mol. The number of nitrogen functional groups attached to an aromatic ring is 1. The highest BCUT2D eigenvalue weighted by molar-refractivity contribution is 5.54. The van der Waals surface area contributed by atoms with Crippen molar-refractivity contribution in [3.05, 3.63) is 42.3 Å². The Bertz CT molecular complexity index is 478. The zero-order valence-corrected chi connectivity index (χ0v) is 9.54. The van der Waals surface area contributed by atoms with E-state index >= 15 is 0 Å². The summed E-state index contributed by atoms with van der Waals surface area (Å²) in [5.74, 6) is 0. The molecule has 0 spiro atoms. The first-order valence-corrected chi connectivity index (χ1v) is 5.87. The summed E-state index contributed by atoms with van der Waals surface area (Å²) in [7, 11) is 0. The van der Waals surface area contributed by atoms with E-state index in [0.29, 0.717) is 6.04 Å². The Kier molecular flexibility index (Phi) is 2.48. The van der Waals surface area contributed by atoms with Gasteiger partial charge in [-0.25, -0.2) is 0 Å². The first-order valence-electron chi connectivity index (χ1n) is 5.87. The molecule has 2 heterocycles. The van der Waals surface area contributed by atoms with Gasteiger partial charge in [0.2, 0.25) is 0 Å². The first kappa shape index (κ1) is 10.2. The van der Waals surface area contributed by atoms with Crippen molar-refractivity contribution in [2.24, 2.45) is 0 Å². The lowest BCUT2D eigenvalue weighted by molar-refractivity contribution is 0.405. The molecular weight excluding hydrogens is 214 g/mol. The van der Waals surface area contributed by atoms with Gasteiger partial charge in [0, 0.05) is 24.0 Å². The van der Waals surface area contributed by atoms with Crippen molar-refractivity contribution in [2.75, 3.05) is 17.2 Å². The van der Waals surface area contributed by atoms with Gasteiger partial charge < -0.3 is 15.2 Å². The molecule has 1 unspecified atom stereocenters. The van der Waals surface area contributed by atoms with Crippen LogP contribution in [0.5, 0.6) is 0 Å². The van der Waals surface area contributed by atoms with Crippen LogP contribution in [-0.2, 0) is 0 Å². The topological polar surface area (TPSA) is 55.3 Å². The third-order valence-corrected chi connectivity index (χ3v) is 3.28. The van der Waals surface area contributed by atoms with Crippen molar-refractivity contribution in [1.82, 2.24) is 5.16 Å². The lowest BCUT2D eigenvalue weighted by atomic mass is 10.1. The summed E-state index contributed by atoms with van der Waals surface area (Å²) in [5, 5.41) is 4.05. The van der Waals surface area contributed by atoms with Crippen molar-refractivity contribution in [1.29, 1.82) is 0 Å². The Labute approximate surface area is 100 Å². The number of anilines is 2. The Morgan fingerprint density at radius 3 is 2.76 bits per heavy atom. The summed E-state index contributed by atoms with van der Waals surface area (Å²) >= 11 is 0. The molecule has 1 aromatic heterocycles. The highest BCUT2D eigenvalue weighted by atomic mass is 16.5. The number of hydrogen-bond acceptors (Lipinski definition) is 4. The second kappa shape index (κ2) is 4.13. The van der Waals surface area contributed by atoms with Gasteiger partial charge in [-0.2, -0.15) is 0 Å².